The van der Waals surface area contributed by atoms with Gasteiger partial charge in [0, 0.05) is 22.4 Å². The molecule has 2 atom stereocenters. The van der Waals surface area contributed by atoms with E-state index in [4.69, 9.17) is 9.47 Å². The molecular formula is C14H19FINO3. The van der Waals surface area contributed by atoms with Crippen molar-refractivity contribution in [1.29, 1.82) is 0 Å². The van der Waals surface area contributed by atoms with Crippen LogP contribution in [0, 0.1) is 9.39 Å². The number of aliphatic hydroxyl groups excluding tert-OH is 1. The molecule has 0 aliphatic carbocycles. The molecule has 20 heavy (non-hydrogen) atoms. The first kappa shape index (κ1) is 15.9. The fraction of sp³-hybridized carbons (Fsp3) is 0.571. The maximum Gasteiger partial charge on any atom is 0.124 e. The van der Waals surface area contributed by atoms with E-state index in [0.717, 1.165) is 28.7 Å². The van der Waals surface area contributed by atoms with Gasteiger partial charge >= 0.3 is 0 Å². The van der Waals surface area contributed by atoms with Crippen molar-refractivity contribution < 1.29 is 19.0 Å². The molecule has 2 rings (SSSR count). The third-order valence-electron chi connectivity index (χ3n) is 3.10. The molecule has 1 aliphatic heterocycles. The van der Waals surface area contributed by atoms with Gasteiger partial charge in [-0.1, -0.05) is 0 Å². The zero-order valence-electron chi connectivity index (χ0n) is 11.1. The molecular weight excluding hydrogens is 376 g/mol. The minimum Gasteiger partial charge on any atom is -0.389 e. The second-order valence-corrected chi connectivity index (χ2v) is 5.99. The van der Waals surface area contributed by atoms with Crippen LogP contribution in [0.25, 0.3) is 0 Å². The van der Waals surface area contributed by atoms with E-state index in [-0.39, 0.29) is 18.5 Å². The van der Waals surface area contributed by atoms with Crippen molar-refractivity contribution in [3.05, 3.63) is 27.6 Å². The van der Waals surface area contributed by atoms with Gasteiger partial charge in [0.1, 0.15) is 5.82 Å². The molecule has 2 unspecified atom stereocenters. The van der Waals surface area contributed by atoms with Crippen molar-refractivity contribution in [1.82, 2.24) is 0 Å². The number of benzene rings is 1. The number of rotatable bonds is 7. The first-order chi connectivity index (χ1) is 9.65. The van der Waals surface area contributed by atoms with Gasteiger partial charge < -0.3 is 19.9 Å². The molecule has 0 radical (unpaired) electrons. The summed E-state index contributed by atoms with van der Waals surface area (Å²) < 4.78 is 24.6. The Morgan fingerprint density at radius 1 is 1.55 bits per heavy atom. The monoisotopic (exact) mass is 395 g/mol. The van der Waals surface area contributed by atoms with Crippen LogP contribution in [0.4, 0.5) is 10.1 Å². The smallest absolute Gasteiger partial charge is 0.124 e. The van der Waals surface area contributed by atoms with E-state index in [9.17, 15) is 9.50 Å². The quantitative estimate of drug-likeness (QED) is 0.697. The van der Waals surface area contributed by atoms with E-state index in [1.54, 1.807) is 6.07 Å². The van der Waals surface area contributed by atoms with Crippen molar-refractivity contribution >= 4 is 28.3 Å². The van der Waals surface area contributed by atoms with Crippen molar-refractivity contribution in [3.63, 3.8) is 0 Å². The summed E-state index contributed by atoms with van der Waals surface area (Å²) in [6.07, 6.45) is 1.69. The predicted molar refractivity (Wildman–Crippen MR) is 83.4 cm³/mol. The van der Waals surface area contributed by atoms with Gasteiger partial charge in [-0.25, -0.2) is 4.39 Å². The van der Waals surface area contributed by atoms with E-state index in [0.29, 0.717) is 13.2 Å². The highest BCUT2D eigenvalue weighted by molar-refractivity contribution is 14.1. The fourth-order valence-electron chi connectivity index (χ4n) is 2.03. The van der Waals surface area contributed by atoms with Crippen LogP contribution in [-0.2, 0) is 9.47 Å². The van der Waals surface area contributed by atoms with Crippen LogP contribution < -0.4 is 5.32 Å². The first-order valence-electron chi connectivity index (χ1n) is 6.71. The van der Waals surface area contributed by atoms with Gasteiger partial charge in [0.25, 0.3) is 0 Å². The number of hydrogen-bond donors (Lipinski definition) is 2. The molecule has 0 amide bonds. The Morgan fingerprint density at radius 3 is 3.10 bits per heavy atom. The molecule has 1 aliphatic rings. The van der Waals surface area contributed by atoms with Gasteiger partial charge in [0.05, 0.1) is 25.4 Å². The molecule has 1 saturated heterocycles. The lowest BCUT2D eigenvalue weighted by Crippen LogP contribution is -2.27. The minimum atomic E-state index is -0.600. The lowest BCUT2D eigenvalue weighted by Gasteiger charge is -2.15. The molecule has 0 spiro atoms. The third kappa shape index (κ3) is 5.16. The highest BCUT2D eigenvalue weighted by atomic mass is 127. The molecule has 0 bridgehead atoms. The summed E-state index contributed by atoms with van der Waals surface area (Å²) in [5.74, 6) is -0.264. The van der Waals surface area contributed by atoms with Crippen molar-refractivity contribution in [2.75, 3.05) is 31.7 Å². The largest absolute Gasteiger partial charge is 0.389 e. The van der Waals surface area contributed by atoms with Gasteiger partial charge in [-0.2, -0.15) is 0 Å². The molecule has 1 fully saturated rings. The summed E-state index contributed by atoms with van der Waals surface area (Å²) in [4.78, 5) is 0. The fourth-order valence-corrected chi connectivity index (χ4v) is 2.70. The molecule has 4 nitrogen and oxygen atoms in total. The number of hydrogen-bond acceptors (Lipinski definition) is 4. The van der Waals surface area contributed by atoms with E-state index in [1.807, 2.05) is 0 Å². The zero-order valence-corrected chi connectivity index (χ0v) is 13.3. The summed E-state index contributed by atoms with van der Waals surface area (Å²) in [7, 11) is 0. The van der Waals surface area contributed by atoms with Crippen LogP contribution in [-0.4, -0.2) is 43.7 Å². The molecule has 0 aromatic heterocycles. The Kier molecular flexibility index (Phi) is 6.47. The van der Waals surface area contributed by atoms with Gasteiger partial charge in [-0.15, -0.1) is 0 Å². The minimum absolute atomic E-state index is 0.174. The summed E-state index contributed by atoms with van der Waals surface area (Å²) in [6.45, 7) is 1.98. The van der Waals surface area contributed by atoms with Gasteiger partial charge in [-0.3, -0.25) is 0 Å². The molecule has 0 saturated carbocycles. The Balaban J connectivity index is 1.65. The number of anilines is 1. The summed E-state index contributed by atoms with van der Waals surface area (Å²) in [6, 6.07) is 4.51. The zero-order chi connectivity index (χ0) is 14.4. The molecule has 1 aromatic carbocycles. The second-order valence-electron chi connectivity index (χ2n) is 4.83. The Hall–Kier alpha value is -0.440. The van der Waals surface area contributed by atoms with Crippen LogP contribution in [0.15, 0.2) is 18.2 Å². The van der Waals surface area contributed by atoms with Gasteiger partial charge in [-0.05, 0) is 53.6 Å². The molecule has 1 heterocycles. The van der Waals surface area contributed by atoms with Crippen molar-refractivity contribution in [3.8, 4) is 0 Å². The first-order valence-corrected chi connectivity index (χ1v) is 7.79. The van der Waals surface area contributed by atoms with Crippen LogP contribution >= 0.6 is 22.6 Å². The van der Waals surface area contributed by atoms with Crippen LogP contribution in [0.3, 0.4) is 0 Å². The normalized spacial score (nSPS) is 20.1. The maximum absolute atomic E-state index is 12.9. The number of halogens is 2. The average molecular weight is 395 g/mol. The van der Waals surface area contributed by atoms with Gasteiger partial charge in [0.2, 0.25) is 0 Å². The van der Waals surface area contributed by atoms with E-state index in [2.05, 4.69) is 27.9 Å². The molecule has 112 valence electrons. The topological polar surface area (TPSA) is 50.7 Å². The number of ether oxygens (including phenoxy) is 2. The Morgan fingerprint density at radius 2 is 2.40 bits per heavy atom. The third-order valence-corrected chi connectivity index (χ3v) is 3.99. The van der Waals surface area contributed by atoms with E-state index >= 15 is 0 Å². The average Bonchev–Trinajstić information content (AvgIpc) is 2.91. The van der Waals surface area contributed by atoms with Gasteiger partial charge in [0.15, 0.2) is 0 Å². The van der Waals surface area contributed by atoms with Crippen LogP contribution in [0.2, 0.25) is 0 Å². The molecule has 6 heteroatoms. The standard InChI is InChI=1S/C14H19FINO3/c15-10-3-4-14(13(16)6-10)17-7-11(18)8-19-9-12-2-1-5-20-12/h3-4,6,11-12,17-18H,1-2,5,7-9H2. The highest BCUT2D eigenvalue weighted by Crippen LogP contribution is 2.19. The Bertz CT molecular complexity index is 427. The van der Waals surface area contributed by atoms with Crippen LogP contribution in [0.1, 0.15) is 12.8 Å². The van der Waals surface area contributed by atoms with Crippen molar-refractivity contribution in [2.24, 2.45) is 0 Å². The van der Waals surface area contributed by atoms with E-state index in [1.165, 1.54) is 12.1 Å². The predicted octanol–water partition coefficient (Wildman–Crippen LogP) is 2.40. The number of aliphatic hydroxyl groups is 1. The molecule has 1 aromatic rings. The van der Waals surface area contributed by atoms with E-state index < -0.39 is 6.10 Å². The Labute approximate surface area is 131 Å². The number of nitrogens with one attached hydrogen (secondary N) is 1. The van der Waals surface area contributed by atoms with Crippen molar-refractivity contribution in [2.45, 2.75) is 25.0 Å². The van der Waals surface area contributed by atoms with Crippen LogP contribution in [0.5, 0.6) is 0 Å². The lowest BCUT2D eigenvalue weighted by atomic mass is 10.2. The molecule has 2 N–H and O–H groups in total. The summed E-state index contributed by atoms with van der Waals surface area (Å²) >= 11 is 2.06. The lowest BCUT2D eigenvalue weighted by molar-refractivity contribution is -0.0137. The maximum atomic E-state index is 12.9. The SMILES string of the molecule is OC(CNc1ccc(F)cc1I)COCC1CCCO1. The summed E-state index contributed by atoms with van der Waals surface area (Å²) in [5, 5.41) is 12.9. The summed E-state index contributed by atoms with van der Waals surface area (Å²) in [5.41, 5.74) is 0.810. The second kappa shape index (κ2) is 8.11. The highest BCUT2D eigenvalue weighted by Gasteiger charge is 2.16.